The molecular formula is C13H11ClN4OS. The van der Waals surface area contributed by atoms with Crippen molar-refractivity contribution >= 4 is 29.1 Å². The highest BCUT2D eigenvalue weighted by molar-refractivity contribution is 8.00. The smallest absolute Gasteiger partial charge is 0.265 e. The van der Waals surface area contributed by atoms with E-state index in [1.165, 1.54) is 16.4 Å². The molecule has 3 rings (SSSR count). The summed E-state index contributed by atoms with van der Waals surface area (Å²) < 4.78 is 1.32. The lowest BCUT2D eigenvalue weighted by Crippen LogP contribution is -2.31. The quantitative estimate of drug-likeness (QED) is 0.811. The van der Waals surface area contributed by atoms with Crippen molar-refractivity contribution < 1.29 is 0 Å². The van der Waals surface area contributed by atoms with E-state index in [0.29, 0.717) is 15.9 Å². The van der Waals surface area contributed by atoms with Crippen molar-refractivity contribution in [3.8, 4) is 0 Å². The van der Waals surface area contributed by atoms with Crippen LogP contribution in [0.3, 0.4) is 0 Å². The first-order valence-corrected chi connectivity index (χ1v) is 7.30. The van der Waals surface area contributed by atoms with E-state index in [2.05, 4.69) is 15.3 Å². The van der Waals surface area contributed by atoms with Gasteiger partial charge in [0, 0.05) is 5.02 Å². The fourth-order valence-corrected chi connectivity index (χ4v) is 2.97. The van der Waals surface area contributed by atoms with Gasteiger partial charge in [-0.1, -0.05) is 35.5 Å². The Kier molecular flexibility index (Phi) is 3.35. The van der Waals surface area contributed by atoms with Crippen molar-refractivity contribution in [2.45, 2.75) is 24.3 Å². The second-order valence-corrected chi connectivity index (χ2v) is 6.18. The minimum atomic E-state index is -0.235. The van der Waals surface area contributed by atoms with E-state index in [0.717, 1.165) is 11.3 Å². The Balaban J connectivity index is 2.16. The summed E-state index contributed by atoms with van der Waals surface area (Å²) in [5, 5.41) is 13.6. The van der Waals surface area contributed by atoms with Crippen LogP contribution in [0.25, 0.3) is 0 Å². The molecule has 1 aliphatic heterocycles. The van der Waals surface area contributed by atoms with Gasteiger partial charge in [-0.25, -0.2) is 0 Å². The first kappa shape index (κ1) is 13.3. The van der Waals surface area contributed by atoms with Crippen molar-refractivity contribution in [3.63, 3.8) is 0 Å². The molecule has 2 heterocycles. The number of aryl methyl sites for hydroxylation is 1. The Bertz CT molecular complexity index is 754. The maximum atomic E-state index is 12.1. The van der Waals surface area contributed by atoms with Crippen molar-refractivity contribution in [2.24, 2.45) is 5.10 Å². The van der Waals surface area contributed by atoms with Gasteiger partial charge in [0.2, 0.25) is 5.16 Å². The summed E-state index contributed by atoms with van der Waals surface area (Å²) in [7, 11) is 0. The van der Waals surface area contributed by atoms with Gasteiger partial charge in [0.15, 0.2) is 0 Å². The minimum Gasteiger partial charge on any atom is -0.265 e. The fraction of sp³-hybridized carbons (Fsp3) is 0.231. The van der Waals surface area contributed by atoms with E-state index in [4.69, 9.17) is 11.6 Å². The zero-order chi connectivity index (χ0) is 14.3. The van der Waals surface area contributed by atoms with E-state index in [1.807, 2.05) is 31.2 Å². The van der Waals surface area contributed by atoms with Crippen molar-refractivity contribution in [2.75, 3.05) is 0 Å². The molecule has 0 bridgehead atoms. The van der Waals surface area contributed by atoms with Gasteiger partial charge in [0.25, 0.3) is 5.56 Å². The summed E-state index contributed by atoms with van der Waals surface area (Å²) in [4.78, 5) is 12.1. The van der Waals surface area contributed by atoms with Gasteiger partial charge in [-0.05, 0) is 31.5 Å². The molecule has 0 fully saturated rings. The van der Waals surface area contributed by atoms with Crippen LogP contribution in [0.5, 0.6) is 0 Å². The maximum absolute atomic E-state index is 12.1. The number of aromatic nitrogens is 3. The fourth-order valence-electron chi connectivity index (χ4n) is 1.92. The number of thioether (sulfide) groups is 1. The van der Waals surface area contributed by atoms with E-state index in [9.17, 15) is 4.79 Å². The van der Waals surface area contributed by atoms with Crippen LogP contribution in [0, 0.1) is 6.92 Å². The lowest BCUT2D eigenvalue weighted by atomic mass is 10.1. The van der Waals surface area contributed by atoms with E-state index in [-0.39, 0.29) is 10.8 Å². The highest BCUT2D eigenvalue weighted by atomic mass is 35.5. The lowest BCUT2D eigenvalue weighted by molar-refractivity contribution is 0.624. The molecule has 0 saturated heterocycles. The summed E-state index contributed by atoms with van der Waals surface area (Å²) in [6.07, 6.45) is 0. The Labute approximate surface area is 124 Å². The van der Waals surface area contributed by atoms with Gasteiger partial charge in [-0.2, -0.15) is 9.78 Å². The van der Waals surface area contributed by atoms with E-state index in [1.54, 1.807) is 6.92 Å². The van der Waals surface area contributed by atoms with Gasteiger partial charge >= 0.3 is 0 Å². The second kappa shape index (κ2) is 5.03. The van der Waals surface area contributed by atoms with E-state index >= 15 is 0 Å². The zero-order valence-electron chi connectivity index (χ0n) is 10.9. The third kappa shape index (κ3) is 2.25. The second-order valence-electron chi connectivity index (χ2n) is 4.44. The van der Waals surface area contributed by atoms with Gasteiger partial charge in [-0.3, -0.25) is 4.79 Å². The number of benzene rings is 1. The summed E-state index contributed by atoms with van der Waals surface area (Å²) >= 11 is 7.36. The Hall–Kier alpha value is -1.66. The van der Waals surface area contributed by atoms with Crippen molar-refractivity contribution in [1.29, 1.82) is 0 Å². The van der Waals surface area contributed by atoms with Crippen LogP contribution in [0.1, 0.15) is 18.2 Å². The number of rotatable bonds is 1. The molecule has 7 heteroatoms. The number of halogens is 1. The molecule has 0 N–H and O–H groups in total. The molecule has 1 unspecified atom stereocenters. The molecule has 2 aromatic rings. The third-order valence-corrected chi connectivity index (χ3v) is 4.28. The molecule has 102 valence electrons. The SMILES string of the molecule is Cc1nnc2n(c1=O)N=C(c1ccc(Cl)cc1)C(C)S2. The van der Waals surface area contributed by atoms with Crippen molar-refractivity contribution in [3.05, 3.63) is 50.9 Å². The molecular weight excluding hydrogens is 296 g/mol. The molecule has 0 spiro atoms. The normalized spacial score (nSPS) is 17.6. The molecule has 1 aliphatic rings. The zero-order valence-corrected chi connectivity index (χ0v) is 12.4. The Morgan fingerprint density at radius 3 is 2.65 bits per heavy atom. The van der Waals surface area contributed by atoms with Gasteiger partial charge in [-0.15, -0.1) is 10.2 Å². The van der Waals surface area contributed by atoms with Crippen LogP contribution in [0.4, 0.5) is 0 Å². The molecule has 0 saturated carbocycles. The number of hydrogen-bond donors (Lipinski definition) is 0. The largest absolute Gasteiger partial charge is 0.296 e. The van der Waals surface area contributed by atoms with Crippen LogP contribution < -0.4 is 5.56 Å². The van der Waals surface area contributed by atoms with Crippen LogP contribution in [-0.2, 0) is 0 Å². The monoisotopic (exact) mass is 306 g/mol. The van der Waals surface area contributed by atoms with Crippen LogP contribution in [0.15, 0.2) is 39.3 Å². The molecule has 1 aromatic carbocycles. The summed E-state index contributed by atoms with van der Waals surface area (Å²) in [5.74, 6) is 0. The molecule has 1 atom stereocenters. The predicted molar refractivity (Wildman–Crippen MR) is 79.7 cm³/mol. The summed E-state index contributed by atoms with van der Waals surface area (Å²) in [6.45, 7) is 3.65. The number of hydrogen-bond acceptors (Lipinski definition) is 5. The lowest BCUT2D eigenvalue weighted by Gasteiger charge is -2.20. The standard InChI is InChI=1S/C13H11ClN4OS/c1-7-12(19)18-13(16-15-7)20-8(2)11(17-18)9-3-5-10(14)6-4-9/h3-6,8H,1-2H3. The summed E-state index contributed by atoms with van der Waals surface area (Å²) in [5.41, 5.74) is 1.87. The summed E-state index contributed by atoms with van der Waals surface area (Å²) in [6, 6.07) is 7.42. The van der Waals surface area contributed by atoms with Crippen molar-refractivity contribution in [1.82, 2.24) is 14.9 Å². The molecule has 20 heavy (non-hydrogen) atoms. The molecule has 5 nitrogen and oxygen atoms in total. The van der Waals surface area contributed by atoms with Gasteiger partial charge in [0.1, 0.15) is 5.69 Å². The maximum Gasteiger partial charge on any atom is 0.296 e. The average molecular weight is 307 g/mol. The molecule has 0 amide bonds. The topological polar surface area (TPSA) is 60.1 Å². The minimum absolute atomic E-state index is 0.0904. The van der Waals surface area contributed by atoms with Gasteiger partial charge in [0.05, 0.1) is 11.0 Å². The number of fused-ring (bicyclic) bond motifs is 1. The Morgan fingerprint density at radius 2 is 1.95 bits per heavy atom. The van der Waals surface area contributed by atoms with Gasteiger partial charge < -0.3 is 0 Å². The molecule has 1 aromatic heterocycles. The van der Waals surface area contributed by atoms with Crippen LogP contribution in [0.2, 0.25) is 5.02 Å². The predicted octanol–water partition coefficient (Wildman–Crippen LogP) is 2.35. The third-order valence-electron chi connectivity index (χ3n) is 2.98. The first-order valence-electron chi connectivity index (χ1n) is 6.04. The highest BCUT2D eigenvalue weighted by Crippen LogP contribution is 2.28. The Morgan fingerprint density at radius 1 is 1.25 bits per heavy atom. The first-order chi connectivity index (χ1) is 9.56. The molecule has 0 radical (unpaired) electrons. The van der Waals surface area contributed by atoms with Crippen LogP contribution >= 0.6 is 23.4 Å². The number of nitrogens with zero attached hydrogens (tertiary/aromatic N) is 4. The molecule has 0 aliphatic carbocycles. The average Bonchev–Trinajstić information content (AvgIpc) is 2.44. The highest BCUT2D eigenvalue weighted by Gasteiger charge is 2.24. The van der Waals surface area contributed by atoms with E-state index < -0.39 is 0 Å². The van der Waals surface area contributed by atoms with Crippen LogP contribution in [-0.4, -0.2) is 25.8 Å².